The van der Waals surface area contributed by atoms with Crippen molar-refractivity contribution >= 4 is 23.3 Å². The van der Waals surface area contributed by atoms with E-state index in [1.165, 1.54) is 0 Å². The Labute approximate surface area is 193 Å². The fourth-order valence-corrected chi connectivity index (χ4v) is 3.50. The van der Waals surface area contributed by atoms with E-state index in [-0.39, 0.29) is 5.91 Å². The lowest BCUT2D eigenvalue weighted by molar-refractivity contribution is -0.124. The smallest absolute Gasteiger partial charge is 0.269 e. The number of aromatic nitrogens is 1. The molecule has 0 aliphatic rings. The monoisotopic (exact) mass is 454 g/mol. The van der Waals surface area contributed by atoms with Crippen LogP contribution in [0.1, 0.15) is 23.6 Å². The maximum Gasteiger partial charge on any atom is 0.269 e. The molecule has 0 aliphatic carbocycles. The van der Waals surface area contributed by atoms with Crippen molar-refractivity contribution in [3.63, 3.8) is 0 Å². The van der Waals surface area contributed by atoms with Gasteiger partial charge in [0.05, 0.1) is 20.8 Å². The van der Waals surface area contributed by atoms with Crippen molar-refractivity contribution in [1.29, 1.82) is 0 Å². The molecular weight excluding hydrogens is 428 g/mol. The highest BCUT2D eigenvalue weighted by Gasteiger charge is 2.25. The number of nitrogens with zero attached hydrogens (tertiary/aromatic N) is 2. The average molecular weight is 455 g/mol. The van der Waals surface area contributed by atoms with Crippen LogP contribution < -0.4 is 19.1 Å². The Bertz CT molecular complexity index is 1070. The second-order valence-electron chi connectivity index (χ2n) is 7.43. The van der Waals surface area contributed by atoms with Crippen molar-refractivity contribution in [3.8, 4) is 17.2 Å². The van der Waals surface area contributed by atoms with Gasteiger partial charge in [0, 0.05) is 11.2 Å². The fourth-order valence-electron chi connectivity index (χ4n) is 3.39. The standard InChI is InChI=1S/C25H27ClN2O4/c1-16-12-20(13-17(2)24(16)26)32-18(3)25(29)28(23-8-6-7-11-27-23)15-19-9-10-21(30-4)22(14-19)31-5/h6-14,18H,15H2,1-5H3. The quantitative estimate of drug-likeness (QED) is 0.458. The van der Waals surface area contributed by atoms with Crippen molar-refractivity contribution < 1.29 is 19.0 Å². The molecule has 7 heteroatoms. The molecule has 1 heterocycles. The lowest BCUT2D eigenvalue weighted by Crippen LogP contribution is -2.40. The summed E-state index contributed by atoms with van der Waals surface area (Å²) in [6.07, 6.45) is 0.916. The van der Waals surface area contributed by atoms with Gasteiger partial charge >= 0.3 is 0 Å². The van der Waals surface area contributed by atoms with Crippen LogP contribution in [-0.2, 0) is 11.3 Å². The van der Waals surface area contributed by atoms with E-state index in [2.05, 4.69) is 4.98 Å². The van der Waals surface area contributed by atoms with Crippen molar-refractivity contribution in [1.82, 2.24) is 4.98 Å². The number of hydrogen-bond donors (Lipinski definition) is 0. The lowest BCUT2D eigenvalue weighted by atomic mass is 10.1. The number of carbonyl (C=O) groups is 1. The van der Waals surface area contributed by atoms with Crippen LogP contribution in [0.3, 0.4) is 0 Å². The number of anilines is 1. The van der Waals surface area contributed by atoms with Gasteiger partial charge in [0.1, 0.15) is 11.6 Å². The van der Waals surface area contributed by atoms with E-state index >= 15 is 0 Å². The Kier molecular flexibility index (Phi) is 7.59. The third-order valence-electron chi connectivity index (χ3n) is 5.05. The summed E-state index contributed by atoms with van der Waals surface area (Å²) < 4.78 is 16.7. The Balaban J connectivity index is 1.88. The van der Waals surface area contributed by atoms with Crippen LogP contribution in [-0.4, -0.2) is 31.2 Å². The van der Waals surface area contributed by atoms with Crippen LogP contribution in [0.15, 0.2) is 54.7 Å². The van der Waals surface area contributed by atoms with Gasteiger partial charge in [-0.3, -0.25) is 9.69 Å². The average Bonchev–Trinajstić information content (AvgIpc) is 2.80. The van der Waals surface area contributed by atoms with Gasteiger partial charge in [-0.1, -0.05) is 23.7 Å². The molecule has 0 radical (unpaired) electrons. The molecule has 3 aromatic rings. The van der Waals surface area contributed by atoms with Gasteiger partial charge in [0.25, 0.3) is 5.91 Å². The number of hydrogen-bond acceptors (Lipinski definition) is 5. The number of carbonyl (C=O) groups excluding carboxylic acids is 1. The van der Waals surface area contributed by atoms with Crippen molar-refractivity contribution in [2.75, 3.05) is 19.1 Å². The zero-order valence-electron chi connectivity index (χ0n) is 18.9. The SMILES string of the molecule is COc1ccc(CN(C(=O)C(C)Oc2cc(C)c(Cl)c(C)c2)c2ccccn2)cc1OC. The van der Waals surface area contributed by atoms with E-state index in [4.69, 9.17) is 25.8 Å². The van der Waals surface area contributed by atoms with E-state index in [1.807, 2.05) is 56.3 Å². The largest absolute Gasteiger partial charge is 0.493 e. The topological polar surface area (TPSA) is 60.9 Å². The van der Waals surface area contributed by atoms with Crippen LogP contribution in [0, 0.1) is 13.8 Å². The number of ether oxygens (including phenoxy) is 3. The van der Waals surface area contributed by atoms with Gasteiger partial charge in [-0.2, -0.15) is 0 Å². The molecule has 1 aromatic heterocycles. The molecule has 0 bridgehead atoms. The maximum absolute atomic E-state index is 13.4. The third kappa shape index (κ3) is 5.32. The molecular formula is C25H27ClN2O4. The van der Waals surface area contributed by atoms with E-state index in [9.17, 15) is 4.79 Å². The molecule has 6 nitrogen and oxygen atoms in total. The Morgan fingerprint density at radius 3 is 2.31 bits per heavy atom. The second kappa shape index (κ2) is 10.4. The van der Waals surface area contributed by atoms with E-state index in [0.717, 1.165) is 16.7 Å². The number of halogens is 1. The molecule has 32 heavy (non-hydrogen) atoms. The van der Waals surface area contributed by atoms with Crippen LogP contribution in [0.25, 0.3) is 0 Å². The zero-order valence-corrected chi connectivity index (χ0v) is 19.6. The highest BCUT2D eigenvalue weighted by atomic mass is 35.5. The summed E-state index contributed by atoms with van der Waals surface area (Å²) in [6, 6.07) is 14.7. The highest BCUT2D eigenvalue weighted by Crippen LogP contribution is 2.30. The summed E-state index contributed by atoms with van der Waals surface area (Å²) >= 11 is 6.26. The summed E-state index contributed by atoms with van der Waals surface area (Å²) in [5, 5.41) is 0.694. The Morgan fingerprint density at radius 2 is 1.72 bits per heavy atom. The molecule has 168 valence electrons. The van der Waals surface area contributed by atoms with Gasteiger partial charge < -0.3 is 14.2 Å². The van der Waals surface area contributed by atoms with Gasteiger partial charge in [0.15, 0.2) is 17.6 Å². The lowest BCUT2D eigenvalue weighted by Gasteiger charge is -2.26. The van der Waals surface area contributed by atoms with Gasteiger partial charge in [0.2, 0.25) is 0 Å². The number of methoxy groups -OCH3 is 2. The molecule has 0 fully saturated rings. The van der Waals surface area contributed by atoms with Gasteiger partial charge in [-0.25, -0.2) is 4.98 Å². The van der Waals surface area contributed by atoms with E-state index in [1.54, 1.807) is 38.3 Å². The minimum Gasteiger partial charge on any atom is -0.493 e. The molecule has 3 rings (SSSR count). The van der Waals surface area contributed by atoms with Crippen LogP contribution >= 0.6 is 11.6 Å². The first kappa shape index (κ1) is 23.4. The Hall–Kier alpha value is -3.25. The minimum atomic E-state index is -0.739. The predicted molar refractivity (Wildman–Crippen MR) is 126 cm³/mol. The number of benzene rings is 2. The first-order valence-corrected chi connectivity index (χ1v) is 10.6. The van der Waals surface area contributed by atoms with Crippen molar-refractivity contribution in [3.05, 3.63) is 76.4 Å². The molecule has 0 N–H and O–H groups in total. The molecule has 0 spiro atoms. The molecule has 1 atom stereocenters. The molecule has 0 saturated carbocycles. The maximum atomic E-state index is 13.4. The first-order chi connectivity index (χ1) is 15.3. The van der Waals surface area contributed by atoms with Gasteiger partial charge in [-0.15, -0.1) is 0 Å². The molecule has 0 aliphatic heterocycles. The summed E-state index contributed by atoms with van der Waals surface area (Å²) in [4.78, 5) is 19.4. The Morgan fingerprint density at radius 1 is 1.03 bits per heavy atom. The van der Waals surface area contributed by atoms with Crippen LogP contribution in [0.4, 0.5) is 5.82 Å². The highest BCUT2D eigenvalue weighted by molar-refractivity contribution is 6.32. The number of amides is 1. The normalized spacial score (nSPS) is 11.6. The number of rotatable bonds is 8. The molecule has 2 aromatic carbocycles. The summed E-state index contributed by atoms with van der Waals surface area (Å²) in [5.74, 6) is 2.12. The summed E-state index contributed by atoms with van der Waals surface area (Å²) in [7, 11) is 3.16. The van der Waals surface area contributed by atoms with Crippen LogP contribution in [0.5, 0.6) is 17.2 Å². The van der Waals surface area contributed by atoms with Crippen molar-refractivity contribution in [2.24, 2.45) is 0 Å². The number of pyridine rings is 1. The van der Waals surface area contributed by atoms with Gasteiger partial charge in [-0.05, 0) is 73.9 Å². The predicted octanol–water partition coefficient (Wildman–Crippen LogP) is 5.37. The third-order valence-corrected chi connectivity index (χ3v) is 5.65. The minimum absolute atomic E-state index is 0.219. The molecule has 0 saturated heterocycles. The van der Waals surface area contributed by atoms with E-state index in [0.29, 0.717) is 34.6 Å². The zero-order chi connectivity index (χ0) is 23.3. The first-order valence-electron chi connectivity index (χ1n) is 10.2. The second-order valence-corrected chi connectivity index (χ2v) is 7.81. The van der Waals surface area contributed by atoms with E-state index < -0.39 is 6.10 Å². The number of aryl methyl sites for hydroxylation is 2. The fraction of sp³-hybridized carbons (Fsp3) is 0.280. The molecule has 1 unspecified atom stereocenters. The van der Waals surface area contributed by atoms with Crippen LogP contribution in [0.2, 0.25) is 5.02 Å². The molecule has 1 amide bonds. The summed E-state index contributed by atoms with van der Waals surface area (Å²) in [5.41, 5.74) is 2.66. The summed E-state index contributed by atoms with van der Waals surface area (Å²) in [6.45, 7) is 5.84. The van der Waals surface area contributed by atoms with Crippen molar-refractivity contribution in [2.45, 2.75) is 33.4 Å².